The molecule has 0 aliphatic heterocycles. The van der Waals surface area contributed by atoms with Gasteiger partial charge >= 0.3 is 0 Å². The molecule has 0 radical (unpaired) electrons. The summed E-state index contributed by atoms with van der Waals surface area (Å²) < 4.78 is 45.6. The van der Waals surface area contributed by atoms with Crippen molar-refractivity contribution in [1.29, 1.82) is 0 Å². The highest BCUT2D eigenvalue weighted by atomic mass is 35.5. The van der Waals surface area contributed by atoms with Crippen LogP contribution in [0.15, 0.2) is 65.6 Å². The molecule has 3 aromatic carbocycles. The molecule has 44 heavy (non-hydrogen) atoms. The number of halogens is 2. The third kappa shape index (κ3) is 8.28. The third-order valence-corrected chi connectivity index (χ3v) is 9.14. The molecular formula is C31H37Cl2N3O7S. The number of nitrogens with one attached hydrogen (secondary N) is 1. The normalized spacial score (nSPS) is 11.9. The van der Waals surface area contributed by atoms with Gasteiger partial charge in [0.2, 0.25) is 11.8 Å². The first-order chi connectivity index (χ1) is 20.8. The zero-order chi connectivity index (χ0) is 32.6. The standard InChI is InChI=1S/C31H37Cl2N3O7S/c1-20(2)17-34-31(38)21(3)35(18-22-9-7-8-10-25(22)33)30(37)19-36(26-15-23(32)11-13-27(26)41-4)44(39,40)24-12-14-28(42-5)29(16-24)43-6/h7-16,20-21H,17-19H2,1-6H3,(H,34,38)/t21-/m1/s1. The lowest BCUT2D eigenvalue weighted by Gasteiger charge is -2.32. The minimum absolute atomic E-state index is 0.0257. The summed E-state index contributed by atoms with van der Waals surface area (Å²) in [5.74, 6) is -0.227. The van der Waals surface area contributed by atoms with Gasteiger partial charge in [-0.2, -0.15) is 0 Å². The predicted octanol–water partition coefficient (Wildman–Crippen LogP) is 5.40. The van der Waals surface area contributed by atoms with Crippen molar-refractivity contribution in [2.24, 2.45) is 5.92 Å². The second kappa shape index (κ2) is 15.4. The lowest BCUT2D eigenvalue weighted by atomic mass is 10.1. The number of benzene rings is 3. The Balaban J connectivity index is 2.14. The van der Waals surface area contributed by atoms with Crippen molar-refractivity contribution in [2.45, 2.75) is 38.3 Å². The van der Waals surface area contributed by atoms with Gasteiger partial charge in [0.15, 0.2) is 11.5 Å². The molecule has 13 heteroatoms. The third-order valence-electron chi connectivity index (χ3n) is 6.78. The number of carbonyl (C=O) groups is 2. The molecule has 2 amide bonds. The first kappa shape index (κ1) is 34.8. The summed E-state index contributed by atoms with van der Waals surface area (Å²) >= 11 is 12.7. The van der Waals surface area contributed by atoms with Gasteiger partial charge in [-0.25, -0.2) is 8.42 Å². The van der Waals surface area contributed by atoms with E-state index in [2.05, 4.69) is 5.32 Å². The van der Waals surface area contributed by atoms with E-state index in [0.29, 0.717) is 22.9 Å². The Morgan fingerprint density at radius 2 is 1.50 bits per heavy atom. The van der Waals surface area contributed by atoms with Crippen molar-refractivity contribution in [2.75, 3.05) is 38.7 Å². The molecule has 0 aromatic heterocycles. The van der Waals surface area contributed by atoms with Crippen LogP contribution in [-0.4, -0.2) is 65.6 Å². The van der Waals surface area contributed by atoms with E-state index in [0.717, 1.165) is 4.31 Å². The smallest absolute Gasteiger partial charge is 0.265 e. The Labute approximate surface area is 268 Å². The summed E-state index contributed by atoms with van der Waals surface area (Å²) in [6.45, 7) is 5.14. The lowest BCUT2D eigenvalue weighted by molar-refractivity contribution is -0.139. The number of hydrogen-bond donors (Lipinski definition) is 1. The van der Waals surface area contributed by atoms with E-state index < -0.39 is 34.4 Å². The summed E-state index contributed by atoms with van der Waals surface area (Å²) in [6.07, 6.45) is 0. The Morgan fingerprint density at radius 1 is 0.864 bits per heavy atom. The molecule has 1 N–H and O–H groups in total. The first-order valence-corrected chi connectivity index (χ1v) is 15.9. The molecule has 10 nitrogen and oxygen atoms in total. The van der Waals surface area contributed by atoms with Crippen LogP contribution < -0.4 is 23.8 Å². The van der Waals surface area contributed by atoms with Gasteiger partial charge in [-0.3, -0.25) is 13.9 Å². The Hall–Kier alpha value is -3.67. The molecule has 0 saturated heterocycles. The van der Waals surface area contributed by atoms with Gasteiger partial charge in [0.25, 0.3) is 10.0 Å². The minimum atomic E-state index is -4.45. The molecule has 0 heterocycles. The van der Waals surface area contributed by atoms with Crippen molar-refractivity contribution < 1.29 is 32.2 Å². The van der Waals surface area contributed by atoms with Gasteiger partial charge in [0.05, 0.1) is 31.9 Å². The maximum absolute atomic E-state index is 14.3. The van der Waals surface area contributed by atoms with E-state index in [1.165, 1.54) is 62.6 Å². The van der Waals surface area contributed by atoms with Crippen LogP contribution in [0.25, 0.3) is 0 Å². The minimum Gasteiger partial charge on any atom is -0.495 e. The zero-order valence-corrected chi connectivity index (χ0v) is 27.8. The van der Waals surface area contributed by atoms with Gasteiger partial charge in [0, 0.05) is 29.2 Å². The quantitative estimate of drug-likeness (QED) is 0.245. The van der Waals surface area contributed by atoms with Gasteiger partial charge in [-0.15, -0.1) is 0 Å². The highest BCUT2D eigenvalue weighted by molar-refractivity contribution is 7.92. The van der Waals surface area contributed by atoms with Crippen LogP contribution in [0, 0.1) is 5.92 Å². The van der Waals surface area contributed by atoms with Crippen molar-refractivity contribution >= 4 is 50.7 Å². The van der Waals surface area contributed by atoms with Crippen LogP contribution in [0.2, 0.25) is 10.0 Å². The molecule has 0 fully saturated rings. The summed E-state index contributed by atoms with van der Waals surface area (Å²) in [5.41, 5.74) is 0.610. The van der Waals surface area contributed by atoms with Crippen molar-refractivity contribution in [3.8, 4) is 17.2 Å². The fourth-order valence-corrected chi connectivity index (χ4v) is 6.12. The van der Waals surface area contributed by atoms with Crippen LogP contribution >= 0.6 is 23.2 Å². The molecule has 1 atom stereocenters. The topological polar surface area (TPSA) is 114 Å². The average Bonchev–Trinajstić information content (AvgIpc) is 3.00. The number of sulfonamides is 1. The Bertz CT molecular complexity index is 1580. The largest absolute Gasteiger partial charge is 0.495 e. The molecule has 0 aliphatic carbocycles. The zero-order valence-electron chi connectivity index (χ0n) is 25.5. The molecule has 238 valence electrons. The fraction of sp³-hybridized carbons (Fsp3) is 0.355. The second-order valence-corrected chi connectivity index (χ2v) is 13.0. The average molecular weight is 667 g/mol. The second-order valence-electron chi connectivity index (χ2n) is 10.3. The molecule has 0 saturated carbocycles. The predicted molar refractivity (Wildman–Crippen MR) is 171 cm³/mol. The monoisotopic (exact) mass is 665 g/mol. The maximum atomic E-state index is 14.3. The van der Waals surface area contributed by atoms with Crippen LogP contribution in [0.3, 0.4) is 0 Å². The van der Waals surface area contributed by atoms with E-state index in [1.54, 1.807) is 31.2 Å². The van der Waals surface area contributed by atoms with Crippen molar-refractivity contribution in [3.63, 3.8) is 0 Å². The number of nitrogens with zero attached hydrogens (tertiary/aromatic N) is 2. The Kier molecular flexibility index (Phi) is 12.2. The summed E-state index contributed by atoms with van der Waals surface area (Å²) in [6, 6.07) is 14.5. The van der Waals surface area contributed by atoms with Gasteiger partial charge in [-0.05, 0) is 54.8 Å². The molecule has 3 rings (SSSR count). The Morgan fingerprint density at radius 3 is 2.11 bits per heavy atom. The molecule has 0 unspecified atom stereocenters. The van der Waals surface area contributed by atoms with Gasteiger partial charge in [-0.1, -0.05) is 55.2 Å². The number of methoxy groups -OCH3 is 3. The molecular weight excluding hydrogens is 629 g/mol. The van der Waals surface area contributed by atoms with E-state index in [1.807, 2.05) is 13.8 Å². The number of hydrogen-bond acceptors (Lipinski definition) is 7. The van der Waals surface area contributed by atoms with E-state index in [9.17, 15) is 18.0 Å². The first-order valence-electron chi connectivity index (χ1n) is 13.7. The van der Waals surface area contributed by atoms with Crippen LogP contribution in [0.5, 0.6) is 17.2 Å². The molecule has 0 aliphatic rings. The van der Waals surface area contributed by atoms with Crippen LogP contribution in [0.1, 0.15) is 26.3 Å². The van der Waals surface area contributed by atoms with E-state index >= 15 is 0 Å². The highest BCUT2D eigenvalue weighted by Gasteiger charge is 2.34. The van der Waals surface area contributed by atoms with Crippen molar-refractivity contribution in [3.05, 3.63) is 76.3 Å². The van der Waals surface area contributed by atoms with E-state index in [-0.39, 0.29) is 39.6 Å². The number of anilines is 1. The van der Waals surface area contributed by atoms with Gasteiger partial charge < -0.3 is 24.4 Å². The molecule has 0 spiro atoms. The SMILES string of the molecule is COc1ccc(S(=O)(=O)N(CC(=O)N(Cc2ccccc2Cl)[C@H](C)C(=O)NCC(C)C)c2cc(Cl)ccc2OC)cc1OC. The number of rotatable bonds is 14. The molecule has 3 aromatic rings. The highest BCUT2D eigenvalue weighted by Crippen LogP contribution is 2.37. The van der Waals surface area contributed by atoms with Crippen molar-refractivity contribution in [1.82, 2.24) is 10.2 Å². The molecule has 0 bridgehead atoms. The fourth-order valence-electron chi connectivity index (χ4n) is 4.32. The van der Waals surface area contributed by atoms with E-state index in [4.69, 9.17) is 37.4 Å². The number of amides is 2. The van der Waals surface area contributed by atoms with Crippen LogP contribution in [-0.2, 0) is 26.2 Å². The number of ether oxygens (including phenoxy) is 3. The van der Waals surface area contributed by atoms with Gasteiger partial charge in [0.1, 0.15) is 18.3 Å². The summed E-state index contributed by atoms with van der Waals surface area (Å²) in [4.78, 5) is 28.5. The van der Waals surface area contributed by atoms with Crippen LogP contribution in [0.4, 0.5) is 5.69 Å². The maximum Gasteiger partial charge on any atom is 0.265 e. The lowest BCUT2D eigenvalue weighted by Crippen LogP contribution is -2.51. The number of carbonyl (C=O) groups excluding carboxylic acids is 2. The summed E-state index contributed by atoms with van der Waals surface area (Å²) in [5, 5.41) is 3.46. The summed E-state index contributed by atoms with van der Waals surface area (Å²) in [7, 11) is -0.264.